The second-order valence-corrected chi connectivity index (χ2v) is 13.5. The van der Waals surface area contributed by atoms with Crippen LogP contribution < -0.4 is 17.0 Å². The Hall–Kier alpha value is -0.770. The molecule has 0 spiro atoms. The Kier molecular flexibility index (Phi) is 11.7. The maximum absolute atomic E-state index is 12.3. The van der Waals surface area contributed by atoms with Crippen LogP contribution in [0.25, 0.3) is 0 Å². The molecule has 0 aliphatic carbocycles. The summed E-state index contributed by atoms with van der Waals surface area (Å²) in [5.74, 6) is 5.13. The van der Waals surface area contributed by atoms with E-state index >= 15 is 0 Å². The molecule has 1 aromatic heterocycles. The van der Waals surface area contributed by atoms with Gasteiger partial charge in [-0.25, -0.2) is 18.5 Å². The fourth-order valence-corrected chi connectivity index (χ4v) is 6.58. The Morgan fingerprint density at radius 3 is 2.53 bits per heavy atom. The van der Waals surface area contributed by atoms with E-state index in [2.05, 4.69) is 30.0 Å². The van der Waals surface area contributed by atoms with E-state index in [0.29, 0.717) is 0 Å². The maximum Gasteiger partial charge on any atom is 0.490 e. The molecule has 1 fully saturated rings. The van der Waals surface area contributed by atoms with Crippen LogP contribution in [0.5, 0.6) is 0 Å². The molecule has 17 nitrogen and oxygen atoms in total. The van der Waals surface area contributed by atoms with Crippen molar-refractivity contribution in [3.63, 3.8) is 0 Å². The summed E-state index contributed by atoms with van der Waals surface area (Å²) < 4.78 is 58.6. The van der Waals surface area contributed by atoms with E-state index in [1.165, 1.54) is 21.6 Å². The highest BCUT2D eigenvalue weighted by Gasteiger charge is 2.43. The quantitative estimate of drug-likeness (QED) is 0.0588. The number of nitrogens with zero attached hydrogens (tertiary/aromatic N) is 1. The highest BCUT2D eigenvalue weighted by Crippen LogP contribution is 2.66. The highest BCUT2D eigenvalue weighted by molar-refractivity contribution is 8.76. The van der Waals surface area contributed by atoms with Gasteiger partial charge in [-0.15, -0.1) is 0 Å². The third-order valence-corrected chi connectivity index (χ3v) is 9.32. The van der Waals surface area contributed by atoms with Gasteiger partial charge >= 0.3 is 29.2 Å². The predicted octanol–water partition coefficient (Wildman–Crippen LogP) is -0.168. The fraction of sp³-hybridized carbons (Fsp3) is 0.571. The van der Waals surface area contributed by atoms with Gasteiger partial charge in [0.2, 0.25) is 0 Å². The third kappa shape index (κ3) is 10.2. The number of aromatic nitrogens is 2. The topological polar surface area (TPSA) is 259 Å². The summed E-state index contributed by atoms with van der Waals surface area (Å²) in [5, 5.41) is 0. The first kappa shape index (κ1) is 31.4. The van der Waals surface area contributed by atoms with Gasteiger partial charge in [0, 0.05) is 12.6 Å². The minimum Gasteiger partial charge on any atom is -0.364 e. The van der Waals surface area contributed by atoms with E-state index in [0.717, 1.165) is 10.8 Å². The van der Waals surface area contributed by atoms with Crippen molar-refractivity contribution in [2.45, 2.75) is 24.9 Å². The molecule has 4 unspecified atom stereocenters. The molecular formula is C14H22N3O14P3S2. The van der Waals surface area contributed by atoms with Crippen LogP contribution in [0.3, 0.4) is 0 Å². The zero-order chi connectivity index (χ0) is 27.1. The third-order valence-electron chi connectivity index (χ3n) is 4.05. The van der Waals surface area contributed by atoms with E-state index in [9.17, 15) is 33.1 Å². The molecule has 1 aliphatic heterocycles. The fourth-order valence-electron chi connectivity index (χ4n) is 2.77. The van der Waals surface area contributed by atoms with Gasteiger partial charge in [0.05, 0.1) is 19.3 Å². The second-order valence-electron chi connectivity index (χ2n) is 6.57. The Balaban J connectivity index is 2.21. The van der Waals surface area contributed by atoms with Gasteiger partial charge in [-0.1, -0.05) is 33.4 Å². The number of nitrogens with one attached hydrogen (secondary N) is 1. The zero-order valence-electron chi connectivity index (χ0n) is 18.2. The number of phosphoric ester groups is 1. The lowest BCUT2D eigenvalue weighted by atomic mass is 10.2. The second kappa shape index (κ2) is 13.3. The van der Waals surface area contributed by atoms with Crippen LogP contribution in [0.1, 0.15) is 18.2 Å². The summed E-state index contributed by atoms with van der Waals surface area (Å²) in [6.45, 7) is -0.823. The van der Waals surface area contributed by atoms with Gasteiger partial charge in [-0.3, -0.25) is 18.9 Å². The molecule has 0 amide bonds. The molecule has 1 aliphatic rings. The smallest absolute Gasteiger partial charge is 0.364 e. The molecule has 0 bridgehead atoms. The van der Waals surface area contributed by atoms with Crippen molar-refractivity contribution in [3.8, 4) is 11.8 Å². The Morgan fingerprint density at radius 1 is 1.22 bits per heavy atom. The number of hydrogen-bond donors (Lipinski definition) is 6. The summed E-state index contributed by atoms with van der Waals surface area (Å²) in [5.41, 5.74) is 3.64. The van der Waals surface area contributed by atoms with E-state index in [1.807, 2.05) is 0 Å². The lowest BCUT2D eigenvalue weighted by Crippen LogP contribution is -2.33. The molecule has 22 heteroatoms. The van der Waals surface area contributed by atoms with Crippen LogP contribution >= 0.6 is 45.1 Å². The molecule has 0 aromatic carbocycles. The first-order valence-electron chi connectivity index (χ1n) is 9.42. The standard InChI is InChI=1S/C14H22N3O14P3S2/c1-35-36-8-27-10-5-12(17-6-9(3-2-4-15)13(18)16-14(17)19)29-11(10)7-28-33(23,24)31-34(25,26)30-32(20,21)22/h6,10-12H,4-5,7-8,15H2,1H3,(H,23,24)(H,25,26)(H,16,18,19)(H2,20,21,22)/t10?,11-,12?/m1/s1. The summed E-state index contributed by atoms with van der Waals surface area (Å²) in [7, 11) is -14.0. The highest BCUT2D eigenvalue weighted by atomic mass is 33.1. The van der Waals surface area contributed by atoms with Crippen molar-refractivity contribution < 1.29 is 55.9 Å². The van der Waals surface area contributed by atoms with Crippen molar-refractivity contribution in [2.24, 2.45) is 5.73 Å². The molecule has 36 heavy (non-hydrogen) atoms. The summed E-state index contributed by atoms with van der Waals surface area (Å²) >= 11 is 0. The monoisotopic (exact) mass is 613 g/mol. The van der Waals surface area contributed by atoms with Crippen LogP contribution in [0.4, 0.5) is 0 Å². The molecule has 1 saturated heterocycles. The van der Waals surface area contributed by atoms with E-state index in [1.54, 1.807) is 6.26 Å². The van der Waals surface area contributed by atoms with Crippen LogP contribution in [-0.2, 0) is 36.3 Å². The molecular weight excluding hydrogens is 591 g/mol. The van der Waals surface area contributed by atoms with Crippen molar-refractivity contribution in [3.05, 3.63) is 32.6 Å². The van der Waals surface area contributed by atoms with Crippen LogP contribution in [0, 0.1) is 11.8 Å². The molecule has 0 saturated carbocycles. The van der Waals surface area contributed by atoms with Crippen LogP contribution in [0.15, 0.2) is 15.8 Å². The lowest BCUT2D eigenvalue weighted by molar-refractivity contribution is -0.0543. The lowest BCUT2D eigenvalue weighted by Gasteiger charge is -2.21. The van der Waals surface area contributed by atoms with Crippen molar-refractivity contribution >= 4 is 45.1 Å². The normalized spacial score (nSPS) is 23.4. The van der Waals surface area contributed by atoms with Gasteiger partial charge in [0.15, 0.2) is 0 Å². The molecule has 2 heterocycles. The number of rotatable bonds is 12. The summed E-state index contributed by atoms with van der Waals surface area (Å²) in [4.78, 5) is 62.5. The van der Waals surface area contributed by atoms with Crippen molar-refractivity contribution in [1.29, 1.82) is 0 Å². The molecule has 7 N–H and O–H groups in total. The van der Waals surface area contributed by atoms with Crippen LogP contribution in [-0.4, -0.2) is 66.7 Å². The van der Waals surface area contributed by atoms with Crippen LogP contribution in [0.2, 0.25) is 0 Å². The van der Waals surface area contributed by atoms with E-state index < -0.39 is 59.8 Å². The molecule has 1 aromatic rings. The molecule has 5 atom stereocenters. The van der Waals surface area contributed by atoms with Gasteiger partial charge in [-0.2, -0.15) is 8.62 Å². The minimum absolute atomic E-state index is 0.00900. The van der Waals surface area contributed by atoms with E-state index in [-0.39, 0.29) is 24.5 Å². The Morgan fingerprint density at radius 2 is 1.92 bits per heavy atom. The zero-order valence-corrected chi connectivity index (χ0v) is 22.5. The number of aromatic amines is 1. The van der Waals surface area contributed by atoms with Gasteiger partial charge in [0.25, 0.3) is 5.56 Å². The average molecular weight is 613 g/mol. The molecule has 0 radical (unpaired) electrons. The largest absolute Gasteiger partial charge is 0.490 e. The maximum atomic E-state index is 12.3. The number of hydrogen-bond acceptors (Lipinski definition) is 13. The first-order chi connectivity index (χ1) is 16.7. The van der Waals surface area contributed by atoms with Crippen molar-refractivity contribution in [2.75, 3.05) is 25.3 Å². The first-order valence-corrected chi connectivity index (χ1v) is 16.7. The van der Waals surface area contributed by atoms with E-state index in [4.69, 9.17) is 25.0 Å². The SMILES string of the molecule is CSSCOC1CC(n2cc(C#CCN)c(=O)[nH]c2=O)O[C@@H]1COP(=O)(O)OP(=O)(O)OP(=O)(O)O. The minimum atomic E-state index is -5.70. The van der Waals surface area contributed by atoms with Gasteiger partial charge in [0.1, 0.15) is 23.8 Å². The molecule has 2 rings (SSSR count). The number of H-pyrrole nitrogens is 1. The van der Waals surface area contributed by atoms with Gasteiger partial charge in [-0.05, 0) is 6.26 Å². The Bertz CT molecular complexity index is 1240. The molecule has 204 valence electrons. The number of nitrogens with two attached hydrogens (primary N) is 1. The summed E-state index contributed by atoms with van der Waals surface area (Å²) in [6, 6.07) is 0. The number of phosphoric acid groups is 3. The van der Waals surface area contributed by atoms with Crippen molar-refractivity contribution in [1.82, 2.24) is 9.55 Å². The average Bonchev–Trinajstić information content (AvgIpc) is 3.12. The number of ether oxygens (including phenoxy) is 2. The summed E-state index contributed by atoms with van der Waals surface area (Å²) in [6.07, 6.45) is -0.0775. The van der Waals surface area contributed by atoms with Gasteiger partial charge < -0.3 is 34.8 Å². The predicted molar refractivity (Wildman–Crippen MR) is 126 cm³/mol. The Labute approximate surface area is 210 Å².